The van der Waals surface area contributed by atoms with Crippen LogP contribution in [0.1, 0.15) is 56.7 Å². The molecule has 0 saturated carbocycles. The Morgan fingerprint density at radius 1 is 0.776 bits per heavy atom. The molecule has 1 saturated heterocycles. The van der Waals surface area contributed by atoms with E-state index in [4.69, 9.17) is 17.2 Å². The van der Waals surface area contributed by atoms with Crippen molar-refractivity contribution < 1.29 is 53.5 Å². The van der Waals surface area contributed by atoms with E-state index in [1.807, 2.05) is 18.2 Å². The van der Waals surface area contributed by atoms with Gasteiger partial charge in [-0.15, -0.1) is 0 Å². The van der Waals surface area contributed by atoms with E-state index in [0.717, 1.165) is 32.5 Å². The monoisotopic (exact) mass is 1090 g/mol. The first-order valence-electron chi connectivity index (χ1n) is 24.5. The Kier molecular flexibility index (Phi) is 22.4. The Morgan fingerprint density at radius 2 is 1.38 bits per heavy atom. The zero-order valence-corrected chi connectivity index (χ0v) is 43.7. The van der Waals surface area contributed by atoms with Crippen molar-refractivity contribution in [1.29, 1.82) is 0 Å². The number of non-ortho nitro benzene ring substituents is 1. The lowest BCUT2D eigenvalue weighted by Crippen LogP contribution is -2.62. The summed E-state index contributed by atoms with van der Waals surface area (Å²) >= 11 is 0. The summed E-state index contributed by atoms with van der Waals surface area (Å²) in [6.07, 6.45) is 0.669. The third-order valence-corrected chi connectivity index (χ3v) is 14.8. The SMILES string of the molecule is CC(C)[C@H]1NC(=O)[C@H](CCCCN)NC(=O)[C@@H](Cc2c[nH]c3ccccc23)NC(=O)[C@H](Cc2ccc(O)cc2)NC(=O)[C@H](NC(=O)[C@H](N)Cc2ccc([N+](=O)[O-])cc2)CSSC[C@H](C(=O)N[C@@H](C(N)=O)[C@H](C)O)NC1=O. The lowest BCUT2D eigenvalue weighted by Gasteiger charge is -2.29. The van der Waals surface area contributed by atoms with Gasteiger partial charge in [0.2, 0.25) is 47.3 Å². The molecule has 2 heterocycles. The Hall–Kier alpha value is -7.26. The Balaban J connectivity index is 1.58. The van der Waals surface area contributed by atoms with Gasteiger partial charge in [0, 0.05) is 53.6 Å². The van der Waals surface area contributed by atoms with E-state index in [2.05, 4.69) is 42.2 Å². The van der Waals surface area contributed by atoms with Crippen LogP contribution in [0.2, 0.25) is 0 Å². The minimum atomic E-state index is -1.58. The highest BCUT2D eigenvalue weighted by molar-refractivity contribution is 8.76. The van der Waals surface area contributed by atoms with Crippen LogP contribution in [0.5, 0.6) is 5.75 Å². The minimum Gasteiger partial charge on any atom is -0.508 e. The van der Waals surface area contributed by atoms with Crippen LogP contribution >= 0.6 is 21.6 Å². The number of nitro groups is 1. The number of nitrogens with two attached hydrogens (primary N) is 3. The largest absolute Gasteiger partial charge is 0.508 e. The van der Waals surface area contributed by atoms with Crippen molar-refractivity contribution in [3.63, 3.8) is 0 Å². The van der Waals surface area contributed by atoms with Crippen LogP contribution in [0, 0.1) is 16.0 Å². The molecule has 410 valence electrons. The minimum absolute atomic E-state index is 0.0475. The Labute approximate surface area is 445 Å². The molecular weight excluding hydrogens is 1020 g/mol. The quantitative estimate of drug-likeness (QED) is 0.0260. The third kappa shape index (κ3) is 17.4. The molecule has 8 amide bonds. The second-order valence-corrected chi connectivity index (χ2v) is 21.2. The van der Waals surface area contributed by atoms with Crippen LogP contribution < -0.4 is 54.4 Å². The fourth-order valence-corrected chi connectivity index (χ4v) is 10.4. The molecule has 76 heavy (non-hydrogen) atoms. The zero-order valence-electron chi connectivity index (χ0n) is 42.1. The van der Waals surface area contributed by atoms with Crippen molar-refractivity contribution in [1.82, 2.24) is 42.2 Å². The number of aromatic nitrogens is 1. The van der Waals surface area contributed by atoms with Gasteiger partial charge in [0.1, 0.15) is 48.0 Å². The highest BCUT2D eigenvalue weighted by atomic mass is 33.1. The molecule has 1 aliphatic heterocycles. The fourth-order valence-electron chi connectivity index (χ4n) is 8.10. The van der Waals surface area contributed by atoms with Crippen LogP contribution in [0.4, 0.5) is 5.69 Å². The zero-order chi connectivity index (χ0) is 55.6. The van der Waals surface area contributed by atoms with Gasteiger partial charge in [-0.2, -0.15) is 0 Å². The van der Waals surface area contributed by atoms with Crippen LogP contribution in [-0.4, -0.2) is 140 Å². The van der Waals surface area contributed by atoms with Gasteiger partial charge in [0.25, 0.3) is 5.69 Å². The van der Waals surface area contributed by atoms with Crippen molar-refractivity contribution in [3.8, 4) is 5.75 Å². The number of amides is 8. The molecule has 16 N–H and O–H groups in total. The summed E-state index contributed by atoms with van der Waals surface area (Å²) in [5.41, 5.74) is 19.7. The summed E-state index contributed by atoms with van der Waals surface area (Å²) in [7, 11) is 1.92. The molecule has 26 heteroatoms. The second-order valence-electron chi connectivity index (χ2n) is 18.7. The van der Waals surface area contributed by atoms with Gasteiger partial charge in [-0.1, -0.05) is 77.9 Å². The molecule has 0 aliphatic carbocycles. The van der Waals surface area contributed by atoms with Gasteiger partial charge in [0.05, 0.1) is 17.1 Å². The van der Waals surface area contributed by atoms with Crippen molar-refractivity contribution in [2.45, 2.75) is 114 Å². The van der Waals surface area contributed by atoms with E-state index in [0.29, 0.717) is 29.5 Å². The first-order chi connectivity index (χ1) is 36.1. The number of phenolic OH excluding ortho intramolecular Hbond substituents is 1. The number of aromatic amines is 1. The molecule has 24 nitrogen and oxygen atoms in total. The van der Waals surface area contributed by atoms with Gasteiger partial charge in [-0.05, 0) is 80.0 Å². The summed E-state index contributed by atoms with van der Waals surface area (Å²) in [4.78, 5) is 127. The number of primary amides is 1. The van der Waals surface area contributed by atoms with Crippen molar-refractivity contribution >= 4 is 85.4 Å². The molecule has 0 unspecified atom stereocenters. The van der Waals surface area contributed by atoms with Gasteiger partial charge in [0.15, 0.2) is 0 Å². The maximum atomic E-state index is 14.8. The predicted molar refractivity (Wildman–Crippen MR) is 286 cm³/mol. The number of aliphatic hydroxyl groups is 1. The number of rotatable bonds is 18. The molecule has 1 aromatic heterocycles. The molecule has 0 radical (unpaired) electrons. The number of carbonyl (C=O) groups is 8. The van der Waals surface area contributed by atoms with E-state index in [-0.39, 0.29) is 55.2 Å². The number of H-pyrrole nitrogens is 1. The van der Waals surface area contributed by atoms with E-state index in [9.17, 15) is 58.7 Å². The number of benzene rings is 3. The van der Waals surface area contributed by atoms with E-state index in [1.165, 1.54) is 55.5 Å². The molecule has 3 aromatic carbocycles. The van der Waals surface area contributed by atoms with Gasteiger partial charge in [-0.3, -0.25) is 48.5 Å². The number of hydrogen-bond donors (Lipinski definition) is 13. The summed E-state index contributed by atoms with van der Waals surface area (Å²) in [6, 6.07) is 7.14. The number of carbonyl (C=O) groups excluding carboxylic acids is 8. The summed E-state index contributed by atoms with van der Waals surface area (Å²) in [5.74, 6) is -8.21. The number of aliphatic hydroxyl groups excluding tert-OH is 1. The molecule has 5 rings (SSSR count). The highest BCUT2D eigenvalue weighted by Gasteiger charge is 2.36. The number of nitrogens with one attached hydrogen (secondary N) is 8. The maximum absolute atomic E-state index is 14.8. The molecule has 4 aromatic rings. The van der Waals surface area contributed by atoms with Crippen LogP contribution in [-0.2, 0) is 57.6 Å². The standard InChI is InChI=1S/C50H66N12O12S2/c1-26(2)41-50(72)59-40(49(71)61-42(27(3)63)43(53)65)25-76-75-24-39(58-44(66)34(52)20-28-11-15-31(16-12-28)62(73)74)48(70)56-37(21-29-13-17-32(64)18-14-29)46(68)57-38(22-30-23-54-35-9-5-4-8-33(30)35)47(69)55-36(45(67)60-41)10-6-7-19-51/h4-5,8-9,11-18,23,26-27,34,36-42,54,63-64H,6-7,10,19-22,24-25,51-52H2,1-3H3,(H2,53,65)(H,55,69)(H,56,70)(H,57,68)(H,58,66)(H,59,72)(H,60,67)(H,61,71)/t27-,34+,36-,37-,38+,39+,40+,41+,42+/m0/s1. The number of aromatic hydroxyl groups is 1. The predicted octanol–water partition coefficient (Wildman–Crippen LogP) is -0.423. The molecule has 9 atom stereocenters. The number of nitro benzene ring substituents is 1. The Bertz CT molecular complexity index is 2690. The number of hydrogen-bond acceptors (Lipinski definition) is 16. The van der Waals surface area contributed by atoms with Crippen LogP contribution in [0.25, 0.3) is 10.9 Å². The van der Waals surface area contributed by atoms with E-state index in [1.54, 1.807) is 26.1 Å². The number of fused-ring (bicyclic) bond motifs is 1. The third-order valence-electron chi connectivity index (χ3n) is 12.4. The lowest BCUT2D eigenvalue weighted by atomic mass is 10.00. The molecule has 1 fully saturated rings. The summed E-state index contributed by atoms with van der Waals surface area (Å²) < 4.78 is 0. The number of phenols is 1. The molecule has 0 spiro atoms. The highest BCUT2D eigenvalue weighted by Crippen LogP contribution is 2.25. The lowest BCUT2D eigenvalue weighted by molar-refractivity contribution is -0.384. The van der Waals surface area contributed by atoms with Crippen LogP contribution in [0.15, 0.2) is 79.0 Å². The number of nitrogens with zero attached hydrogens (tertiary/aromatic N) is 1. The maximum Gasteiger partial charge on any atom is 0.269 e. The smallest absolute Gasteiger partial charge is 0.269 e. The van der Waals surface area contributed by atoms with Gasteiger partial charge >= 0.3 is 0 Å². The normalized spacial score (nSPS) is 21.6. The van der Waals surface area contributed by atoms with E-state index < -0.39 is 113 Å². The number of unbranched alkanes of at least 4 members (excludes halogenated alkanes) is 1. The van der Waals surface area contributed by atoms with Crippen molar-refractivity contribution in [3.05, 3.63) is 106 Å². The van der Waals surface area contributed by atoms with Crippen molar-refractivity contribution in [2.75, 3.05) is 18.1 Å². The van der Waals surface area contributed by atoms with Gasteiger partial charge < -0.3 is 69.6 Å². The number of para-hydroxylation sites is 1. The molecule has 1 aliphatic rings. The van der Waals surface area contributed by atoms with E-state index >= 15 is 0 Å². The summed E-state index contributed by atoms with van der Waals surface area (Å²) in [5, 5.41) is 51.0. The first-order valence-corrected chi connectivity index (χ1v) is 27.0. The topological polar surface area (TPSA) is 398 Å². The molecular formula is C50H66N12O12S2. The average Bonchev–Trinajstić information content (AvgIpc) is 3.79. The van der Waals surface area contributed by atoms with Gasteiger partial charge in [-0.25, -0.2) is 0 Å². The first kappa shape index (κ1) is 59.6. The van der Waals surface area contributed by atoms with Crippen LogP contribution in [0.3, 0.4) is 0 Å². The second kappa shape index (κ2) is 28.6. The summed E-state index contributed by atoms with van der Waals surface area (Å²) in [6.45, 7) is 4.76. The fraction of sp³-hybridized carbons (Fsp3) is 0.440. The van der Waals surface area contributed by atoms with Crippen molar-refractivity contribution in [2.24, 2.45) is 23.1 Å². The Morgan fingerprint density at radius 3 is 2.01 bits per heavy atom. The average molecular weight is 1090 g/mol. The molecule has 0 bridgehead atoms.